The molecule has 1 heterocycles. The van der Waals surface area contributed by atoms with E-state index in [4.69, 9.17) is 10.9 Å². The molecule has 0 aromatic heterocycles. The predicted octanol–water partition coefficient (Wildman–Crippen LogP) is -0.921. The molecule has 4 N–H and O–H groups in total. The molecule has 15 heavy (non-hydrogen) atoms. The molecule has 1 fully saturated rings. The van der Waals surface area contributed by atoms with Gasteiger partial charge < -0.3 is 20.9 Å². The summed E-state index contributed by atoms with van der Waals surface area (Å²) in [6.07, 6.45) is 0. The molecule has 88 valence electrons. The Morgan fingerprint density at radius 2 is 1.87 bits per heavy atom. The van der Waals surface area contributed by atoms with Crippen LogP contribution in [0.5, 0.6) is 0 Å². The van der Waals surface area contributed by atoms with E-state index in [0.29, 0.717) is 6.54 Å². The molecular weight excluding hydrogens is 196 g/mol. The fourth-order valence-corrected chi connectivity index (χ4v) is 1.75. The lowest BCUT2D eigenvalue weighted by Gasteiger charge is -2.37. The first-order valence-electron chi connectivity index (χ1n) is 5.09. The first kappa shape index (κ1) is 12.1. The Morgan fingerprint density at radius 1 is 1.33 bits per heavy atom. The highest BCUT2D eigenvalue weighted by Crippen LogP contribution is 2.08. The van der Waals surface area contributed by atoms with Gasteiger partial charge in [0, 0.05) is 32.7 Å². The average molecular weight is 216 g/mol. The molecule has 0 aromatic rings. The van der Waals surface area contributed by atoms with Gasteiger partial charge in [-0.05, 0) is 13.8 Å². The first-order chi connectivity index (χ1) is 6.92. The number of aliphatic hydroxyl groups is 1. The molecule has 1 aliphatic heterocycles. The van der Waals surface area contributed by atoms with E-state index >= 15 is 0 Å². The third kappa shape index (κ3) is 3.93. The zero-order valence-corrected chi connectivity index (χ0v) is 9.35. The van der Waals surface area contributed by atoms with Crippen LogP contribution in [0.1, 0.15) is 13.8 Å². The van der Waals surface area contributed by atoms with Crippen LogP contribution in [0.2, 0.25) is 0 Å². The van der Waals surface area contributed by atoms with E-state index in [2.05, 4.69) is 10.1 Å². The molecular formula is C9H20N4O2. The van der Waals surface area contributed by atoms with E-state index in [9.17, 15) is 5.11 Å². The van der Waals surface area contributed by atoms with Gasteiger partial charge in [-0.1, -0.05) is 5.16 Å². The molecule has 0 aromatic carbocycles. The second-order valence-corrected chi connectivity index (χ2v) is 4.53. The van der Waals surface area contributed by atoms with E-state index in [1.54, 1.807) is 13.8 Å². The zero-order chi connectivity index (χ0) is 11.5. The molecule has 1 saturated heterocycles. The molecule has 0 saturated carbocycles. The molecule has 0 aliphatic carbocycles. The molecule has 0 unspecified atom stereocenters. The molecule has 0 bridgehead atoms. The molecule has 1 aliphatic rings. The fourth-order valence-electron chi connectivity index (χ4n) is 1.75. The summed E-state index contributed by atoms with van der Waals surface area (Å²) in [7, 11) is 0. The Bertz CT molecular complexity index is 229. The number of hydrogen-bond donors (Lipinski definition) is 3. The molecule has 6 heteroatoms. The number of nitrogens with two attached hydrogens (primary N) is 1. The standard InChI is InChI=1S/C9H20N4O2/c1-9(2,14)7-12-3-5-13(6-4-12)8(10)11-15/h14-15H,3-7H2,1-2H3,(H2,10,11). The third-order valence-electron chi connectivity index (χ3n) is 2.41. The maximum absolute atomic E-state index is 9.65. The minimum atomic E-state index is -0.668. The van der Waals surface area contributed by atoms with Crippen molar-refractivity contribution < 1.29 is 10.3 Å². The smallest absolute Gasteiger partial charge is 0.233 e. The van der Waals surface area contributed by atoms with E-state index in [1.165, 1.54) is 0 Å². The van der Waals surface area contributed by atoms with E-state index < -0.39 is 5.60 Å². The summed E-state index contributed by atoms with van der Waals surface area (Å²) in [6, 6.07) is 0. The van der Waals surface area contributed by atoms with Crippen molar-refractivity contribution in [2.24, 2.45) is 10.9 Å². The number of hydrogen-bond acceptors (Lipinski definition) is 4. The van der Waals surface area contributed by atoms with Crippen LogP contribution in [-0.4, -0.2) is 64.4 Å². The van der Waals surface area contributed by atoms with Gasteiger partial charge in [0.25, 0.3) is 0 Å². The average Bonchev–Trinajstić information content (AvgIpc) is 2.15. The Balaban J connectivity index is 2.36. The van der Waals surface area contributed by atoms with E-state index in [1.807, 2.05) is 4.90 Å². The number of oxime groups is 1. The molecule has 1 rings (SSSR count). The van der Waals surface area contributed by atoms with Crippen LogP contribution in [0.15, 0.2) is 5.16 Å². The quantitative estimate of drug-likeness (QED) is 0.240. The summed E-state index contributed by atoms with van der Waals surface area (Å²) >= 11 is 0. The monoisotopic (exact) mass is 216 g/mol. The third-order valence-corrected chi connectivity index (χ3v) is 2.41. The molecule has 0 atom stereocenters. The molecule has 0 spiro atoms. The number of β-amino-alcohol motifs (C(OH)–C–C–N with tert-alkyl or cyclic N) is 1. The number of piperazine rings is 1. The van der Waals surface area contributed by atoms with Crippen molar-refractivity contribution in [1.82, 2.24) is 9.80 Å². The zero-order valence-electron chi connectivity index (χ0n) is 9.35. The lowest BCUT2D eigenvalue weighted by Crippen LogP contribution is -2.53. The van der Waals surface area contributed by atoms with Gasteiger partial charge in [0.15, 0.2) is 0 Å². The summed E-state index contributed by atoms with van der Waals surface area (Å²) in [5.74, 6) is 0.165. The van der Waals surface area contributed by atoms with Gasteiger partial charge in [0.2, 0.25) is 5.96 Å². The van der Waals surface area contributed by atoms with Crippen molar-refractivity contribution in [2.75, 3.05) is 32.7 Å². The predicted molar refractivity (Wildman–Crippen MR) is 57.7 cm³/mol. The van der Waals surface area contributed by atoms with Crippen LogP contribution in [0.25, 0.3) is 0 Å². The Labute approximate surface area is 90.0 Å². The lowest BCUT2D eigenvalue weighted by molar-refractivity contribution is 0.0248. The SMILES string of the molecule is CC(C)(O)CN1CCN(C(N)=NO)CC1. The minimum absolute atomic E-state index is 0.165. The second-order valence-electron chi connectivity index (χ2n) is 4.53. The van der Waals surface area contributed by atoms with Crippen LogP contribution in [0.4, 0.5) is 0 Å². The van der Waals surface area contributed by atoms with Gasteiger partial charge in [-0.25, -0.2) is 0 Å². The second kappa shape index (κ2) is 4.67. The largest absolute Gasteiger partial charge is 0.408 e. The van der Waals surface area contributed by atoms with Crippen molar-refractivity contribution in [2.45, 2.75) is 19.4 Å². The Hall–Kier alpha value is -1.01. The van der Waals surface area contributed by atoms with Crippen molar-refractivity contribution in [3.63, 3.8) is 0 Å². The summed E-state index contributed by atoms with van der Waals surface area (Å²) in [5.41, 5.74) is 4.81. The maximum Gasteiger partial charge on any atom is 0.233 e. The van der Waals surface area contributed by atoms with Crippen LogP contribution < -0.4 is 5.73 Å². The van der Waals surface area contributed by atoms with Gasteiger partial charge in [0.1, 0.15) is 0 Å². The topological polar surface area (TPSA) is 85.3 Å². The van der Waals surface area contributed by atoms with Gasteiger partial charge in [-0.2, -0.15) is 0 Å². The van der Waals surface area contributed by atoms with Gasteiger partial charge >= 0.3 is 0 Å². The molecule has 0 radical (unpaired) electrons. The summed E-state index contributed by atoms with van der Waals surface area (Å²) in [6.45, 7) is 7.33. The van der Waals surface area contributed by atoms with Gasteiger partial charge in [-0.15, -0.1) is 0 Å². The fraction of sp³-hybridized carbons (Fsp3) is 0.889. The maximum atomic E-state index is 9.65. The lowest BCUT2D eigenvalue weighted by atomic mass is 10.1. The minimum Gasteiger partial charge on any atom is -0.408 e. The van der Waals surface area contributed by atoms with Crippen LogP contribution in [-0.2, 0) is 0 Å². The van der Waals surface area contributed by atoms with Gasteiger partial charge in [0.05, 0.1) is 5.60 Å². The van der Waals surface area contributed by atoms with Crippen molar-refractivity contribution in [1.29, 1.82) is 0 Å². The van der Waals surface area contributed by atoms with E-state index in [0.717, 1.165) is 26.2 Å². The van der Waals surface area contributed by atoms with Crippen molar-refractivity contribution >= 4 is 5.96 Å². The van der Waals surface area contributed by atoms with Crippen molar-refractivity contribution in [3.8, 4) is 0 Å². The van der Waals surface area contributed by atoms with Crippen LogP contribution >= 0.6 is 0 Å². The number of nitrogens with zero attached hydrogens (tertiary/aromatic N) is 3. The van der Waals surface area contributed by atoms with Crippen LogP contribution in [0, 0.1) is 0 Å². The molecule has 6 nitrogen and oxygen atoms in total. The number of rotatable bonds is 2. The van der Waals surface area contributed by atoms with Crippen molar-refractivity contribution in [3.05, 3.63) is 0 Å². The normalized spacial score (nSPS) is 20.7. The van der Waals surface area contributed by atoms with Gasteiger partial charge in [-0.3, -0.25) is 4.90 Å². The first-order valence-corrected chi connectivity index (χ1v) is 5.09. The summed E-state index contributed by atoms with van der Waals surface area (Å²) in [5, 5.41) is 21.1. The summed E-state index contributed by atoms with van der Waals surface area (Å²) < 4.78 is 0. The highest BCUT2D eigenvalue weighted by molar-refractivity contribution is 5.77. The molecule has 0 amide bonds. The summed E-state index contributed by atoms with van der Waals surface area (Å²) in [4.78, 5) is 3.99. The van der Waals surface area contributed by atoms with E-state index in [-0.39, 0.29) is 5.96 Å². The Kier molecular flexibility index (Phi) is 3.76. The number of guanidine groups is 1. The Morgan fingerprint density at radius 3 is 2.27 bits per heavy atom. The highest BCUT2D eigenvalue weighted by Gasteiger charge is 2.23. The highest BCUT2D eigenvalue weighted by atomic mass is 16.4. The van der Waals surface area contributed by atoms with Crippen LogP contribution in [0.3, 0.4) is 0 Å².